The molecule has 4 nitrogen and oxygen atoms in total. The zero-order valence-corrected chi connectivity index (χ0v) is 26.9. The van der Waals surface area contributed by atoms with Gasteiger partial charge < -0.3 is 4.74 Å². The summed E-state index contributed by atoms with van der Waals surface area (Å²) in [5, 5.41) is 3.59. The van der Waals surface area contributed by atoms with E-state index in [1.807, 2.05) is 0 Å². The van der Waals surface area contributed by atoms with Gasteiger partial charge in [-0.25, -0.2) is 0 Å². The van der Waals surface area contributed by atoms with Crippen molar-refractivity contribution in [1.29, 1.82) is 0 Å². The second-order valence-electron chi connectivity index (χ2n) is 10.5. The molecule has 1 N–H and O–H groups in total. The van der Waals surface area contributed by atoms with Gasteiger partial charge >= 0.3 is 138 Å². The Kier molecular flexibility index (Phi) is 29.8. The minimum absolute atomic E-state index is 0.0412. The van der Waals surface area contributed by atoms with Crippen LogP contribution in [0.5, 0.6) is 0 Å². The van der Waals surface area contributed by atoms with Gasteiger partial charge in [0.2, 0.25) is 0 Å². The van der Waals surface area contributed by atoms with Gasteiger partial charge in [0.05, 0.1) is 12.5 Å². The number of carbonyl (C=O) groups excluding carboxylic acids is 1. The van der Waals surface area contributed by atoms with Gasteiger partial charge in [-0.1, -0.05) is 58.8 Å². The molecule has 2 atom stereocenters. The summed E-state index contributed by atoms with van der Waals surface area (Å²) in [6, 6.07) is 0. The van der Waals surface area contributed by atoms with Gasteiger partial charge in [0.1, 0.15) is 0 Å². The van der Waals surface area contributed by atoms with Gasteiger partial charge in [-0.3, -0.25) is 4.79 Å². The number of unbranched alkanes of at least 4 members (excludes halogenated alkanes) is 11. The zero-order valence-electron chi connectivity index (χ0n) is 24.7. The quantitative estimate of drug-likeness (QED) is 0.0480. The van der Waals surface area contributed by atoms with E-state index in [4.69, 9.17) is 7.80 Å². The van der Waals surface area contributed by atoms with Gasteiger partial charge in [0.25, 0.3) is 0 Å². The Labute approximate surface area is 237 Å². The van der Waals surface area contributed by atoms with Crippen LogP contribution in [-0.2, 0) is 12.6 Å². The van der Waals surface area contributed by atoms with Gasteiger partial charge in [0, 0.05) is 0 Å². The number of ether oxygens (including phenoxy) is 1. The molecule has 36 heavy (non-hydrogen) atoms. The monoisotopic (exact) mass is 624 g/mol. The minimum atomic E-state index is -0.0412. The second-order valence-corrected chi connectivity index (χ2v) is 13.4. The van der Waals surface area contributed by atoms with E-state index in [1.54, 1.807) is 0 Å². The molecular formula is C31H63INO3-. The van der Waals surface area contributed by atoms with E-state index in [1.165, 1.54) is 96.3 Å². The molecule has 0 aliphatic heterocycles. The Hall–Kier alpha value is 0.120. The number of alkyl halides is 1. The van der Waals surface area contributed by atoms with E-state index >= 15 is 0 Å². The molecule has 0 radical (unpaired) electrons. The first-order valence-electron chi connectivity index (χ1n) is 15.8. The zero-order chi connectivity index (χ0) is 26.5. The molecule has 0 saturated heterocycles. The summed E-state index contributed by atoms with van der Waals surface area (Å²) in [6.07, 6.45) is 24.2. The molecule has 0 aromatic heterocycles. The molecule has 0 aliphatic carbocycles. The molecule has 218 valence electrons. The van der Waals surface area contributed by atoms with Crippen LogP contribution in [0.1, 0.15) is 156 Å². The van der Waals surface area contributed by atoms with Crippen molar-refractivity contribution in [3.8, 4) is 0 Å². The van der Waals surface area contributed by atoms with Crippen molar-refractivity contribution in [2.24, 2.45) is 5.92 Å². The fourth-order valence-electron chi connectivity index (χ4n) is 4.48. The molecular weight excluding hydrogens is 561 g/mol. The Morgan fingerprint density at radius 1 is 0.639 bits per heavy atom. The van der Waals surface area contributed by atoms with E-state index in [0.717, 1.165) is 55.7 Å². The molecule has 0 heterocycles. The molecule has 0 aromatic rings. The molecule has 0 rings (SSSR count). The first-order valence-corrected chi connectivity index (χ1v) is 17.9. The summed E-state index contributed by atoms with van der Waals surface area (Å²) in [5.74, 6) is 0.199. The van der Waals surface area contributed by atoms with E-state index in [0.29, 0.717) is 6.61 Å². The van der Waals surface area contributed by atoms with Gasteiger partial charge in [-0.05, 0) is 19.3 Å². The van der Waals surface area contributed by atoms with Crippen LogP contribution in [0.3, 0.4) is 0 Å². The SMILES string of the molecule is CCCCCCC(CCCCC)C(=O)OCCCCCCNCCCCCCO[I-]C(CC)CCC. The average molecular weight is 625 g/mol. The third kappa shape index (κ3) is 24.5. The van der Waals surface area contributed by atoms with Crippen molar-refractivity contribution in [2.45, 2.75) is 160 Å². The van der Waals surface area contributed by atoms with Crippen molar-refractivity contribution < 1.29 is 34.2 Å². The molecule has 2 unspecified atom stereocenters. The maximum atomic E-state index is 12.6. The summed E-state index contributed by atoms with van der Waals surface area (Å²) in [6.45, 7) is 12.9. The van der Waals surface area contributed by atoms with Crippen LogP contribution in [0.2, 0.25) is 0 Å². The fraction of sp³-hybridized carbons (Fsp3) is 0.968. The van der Waals surface area contributed by atoms with Crippen molar-refractivity contribution in [3.05, 3.63) is 0 Å². The molecule has 5 heteroatoms. The molecule has 0 amide bonds. The Balaban J connectivity index is 3.54. The summed E-state index contributed by atoms with van der Waals surface area (Å²) < 4.78 is 12.5. The Bertz CT molecular complexity index is 450. The van der Waals surface area contributed by atoms with E-state index in [-0.39, 0.29) is 33.5 Å². The average Bonchev–Trinajstić information content (AvgIpc) is 2.89. The summed E-state index contributed by atoms with van der Waals surface area (Å²) in [5.41, 5.74) is 0. The maximum absolute atomic E-state index is 12.6. The Morgan fingerprint density at radius 2 is 1.19 bits per heavy atom. The first kappa shape index (κ1) is 36.1. The van der Waals surface area contributed by atoms with Crippen molar-refractivity contribution in [3.63, 3.8) is 0 Å². The van der Waals surface area contributed by atoms with Gasteiger partial charge in [-0.2, -0.15) is 0 Å². The molecule has 0 aromatic carbocycles. The topological polar surface area (TPSA) is 47.6 Å². The second kappa shape index (κ2) is 29.7. The number of hydrogen-bond donors (Lipinski definition) is 1. The number of halogens is 1. The van der Waals surface area contributed by atoms with Crippen molar-refractivity contribution in [2.75, 3.05) is 26.3 Å². The standard InChI is InChI=1S/C31H63INO3/c1-5-9-11-17-24-29(23-16-10-6-2)31(34)35-27-20-14-12-18-25-33-26-19-13-15-21-28-36-32-30(8-4)22-7-3/h29-30,33H,5-28H2,1-4H3/q-1. The molecule has 0 bridgehead atoms. The normalized spacial score (nSPS) is 13.2. The van der Waals surface area contributed by atoms with Crippen LogP contribution in [0.25, 0.3) is 0 Å². The van der Waals surface area contributed by atoms with Crippen LogP contribution < -0.4 is 26.9 Å². The number of nitrogens with one attached hydrogen (secondary N) is 1. The van der Waals surface area contributed by atoms with E-state index < -0.39 is 0 Å². The predicted octanol–water partition coefficient (Wildman–Crippen LogP) is 6.01. The third-order valence-electron chi connectivity index (χ3n) is 6.95. The van der Waals surface area contributed by atoms with Crippen LogP contribution in [0.15, 0.2) is 0 Å². The van der Waals surface area contributed by atoms with Crippen molar-refractivity contribution in [1.82, 2.24) is 5.32 Å². The summed E-state index contributed by atoms with van der Waals surface area (Å²) in [4.78, 5) is 12.6. The molecule has 0 fully saturated rings. The molecule has 0 aliphatic rings. The number of rotatable bonds is 29. The van der Waals surface area contributed by atoms with Crippen LogP contribution in [-0.4, -0.2) is 36.2 Å². The number of carbonyl (C=O) groups is 1. The number of hydrogen-bond acceptors (Lipinski definition) is 4. The molecule has 0 spiro atoms. The van der Waals surface area contributed by atoms with Crippen LogP contribution in [0, 0.1) is 5.92 Å². The predicted molar refractivity (Wildman–Crippen MR) is 152 cm³/mol. The van der Waals surface area contributed by atoms with E-state index in [2.05, 4.69) is 33.0 Å². The summed E-state index contributed by atoms with van der Waals surface area (Å²) in [7, 11) is 0. The fourth-order valence-corrected chi connectivity index (χ4v) is 6.79. The Morgan fingerprint density at radius 3 is 1.81 bits per heavy atom. The third-order valence-corrected chi connectivity index (χ3v) is 9.97. The van der Waals surface area contributed by atoms with Crippen LogP contribution >= 0.6 is 0 Å². The molecule has 0 saturated carbocycles. The number of esters is 1. The van der Waals surface area contributed by atoms with E-state index in [9.17, 15) is 4.79 Å². The van der Waals surface area contributed by atoms with Crippen LogP contribution in [0.4, 0.5) is 0 Å². The summed E-state index contributed by atoms with van der Waals surface area (Å²) >= 11 is -0.0412. The van der Waals surface area contributed by atoms with Gasteiger partial charge in [-0.15, -0.1) is 0 Å². The van der Waals surface area contributed by atoms with Gasteiger partial charge in [0.15, 0.2) is 0 Å². The van der Waals surface area contributed by atoms with Crippen molar-refractivity contribution >= 4 is 5.97 Å². The first-order chi connectivity index (χ1) is 17.7.